The van der Waals surface area contributed by atoms with Crippen LogP contribution in [0.5, 0.6) is 11.5 Å². The maximum absolute atomic E-state index is 12.8. The number of benzene rings is 2. The van der Waals surface area contributed by atoms with Crippen molar-refractivity contribution in [1.29, 1.82) is 0 Å². The van der Waals surface area contributed by atoms with Gasteiger partial charge in [-0.25, -0.2) is 9.59 Å². The Balaban J connectivity index is 1.89. The third-order valence-corrected chi connectivity index (χ3v) is 9.48. The van der Waals surface area contributed by atoms with Gasteiger partial charge in [0.15, 0.2) is 0 Å². The minimum atomic E-state index is -0.745. The van der Waals surface area contributed by atoms with Crippen LogP contribution in [0.3, 0.4) is 0 Å². The monoisotopic (exact) mass is 839 g/mol. The third kappa shape index (κ3) is 18.3. The molecule has 0 atom stereocenters. The van der Waals surface area contributed by atoms with Crippen molar-refractivity contribution in [2.24, 2.45) is 0 Å². The molecule has 0 saturated carbocycles. The molecule has 0 aromatic heterocycles. The van der Waals surface area contributed by atoms with E-state index in [2.05, 4.69) is 83.1 Å². The van der Waals surface area contributed by atoms with E-state index in [1.54, 1.807) is 41.5 Å². The van der Waals surface area contributed by atoms with Crippen LogP contribution in [0.2, 0.25) is 0 Å². The molecule has 338 valence electrons. The molecule has 0 saturated heterocycles. The van der Waals surface area contributed by atoms with Crippen molar-refractivity contribution in [3.63, 3.8) is 0 Å². The van der Waals surface area contributed by atoms with E-state index in [0.29, 0.717) is 37.6 Å². The highest BCUT2D eigenvalue weighted by Crippen LogP contribution is 2.43. The van der Waals surface area contributed by atoms with E-state index in [1.165, 1.54) is 0 Å². The van der Waals surface area contributed by atoms with Crippen LogP contribution in [-0.2, 0) is 63.0 Å². The van der Waals surface area contributed by atoms with E-state index in [4.69, 9.17) is 28.4 Å². The number of esters is 2. The summed E-state index contributed by atoms with van der Waals surface area (Å²) in [6.07, 6.45) is 3.09. The number of carbonyl (C=O) groups is 4. The van der Waals surface area contributed by atoms with Crippen molar-refractivity contribution in [3.05, 3.63) is 57.6 Å². The predicted molar refractivity (Wildman–Crippen MR) is 238 cm³/mol. The number of aryl methyl sites for hydroxylation is 2. The molecule has 0 heterocycles. The predicted octanol–water partition coefficient (Wildman–Crippen LogP) is 12.7. The Morgan fingerprint density at radius 2 is 0.683 bits per heavy atom. The Kier molecular flexibility index (Phi) is 17.9. The summed E-state index contributed by atoms with van der Waals surface area (Å²) in [4.78, 5) is 51.0. The van der Waals surface area contributed by atoms with Gasteiger partial charge < -0.3 is 28.4 Å². The lowest BCUT2D eigenvalue weighted by Gasteiger charge is -2.30. The Morgan fingerprint density at radius 3 is 0.917 bits per heavy atom. The second-order valence-corrected chi connectivity index (χ2v) is 22.0. The van der Waals surface area contributed by atoms with Crippen LogP contribution in [0.4, 0.5) is 9.59 Å². The summed E-state index contributed by atoms with van der Waals surface area (Å²) in [5.74, 6) is 0.487. The van der Waals surface area contributed by atoms with E-state index in [0.717, 1.165) is 59.1 Å². The summed E-state index contributed by atoms with van der Waals surface area (Å²) in [6, 6.07) is 8.07. The SMILES string of the molecule is CC(C)(C)OC(=O)Oc1c(C(C)(C)C)cc(CCC(=O)OCCCCCCOC(=O)CCc2cc(C(C)(C)C)c(OC(=O)OC(C)(C)C)c(C(C)(C)C)c2)cc1C(C)(C)C. The zero-order valence-electron chi connectivity index (χ0n) is 40.5. The van der Waals surface area contributed by atoms with Gasteiger partial charge in [0.1, 0.15) is 22.7 Å². The quantitative estimate of drug-likeness (QED) is 0.0741. The van der Waals surface area contributed by atoms with E-state index < -0.39 is 23.5 Å². The van der Waals surface area contributed by atoms with E-state index in [9.17, 15) is 19.2 Å². The number of unbranched alkanes of at least 4 members (excludes halogenated alkanes) is 3. The smallest absolute Gasteiger partial charge is 0.466 e. The van der Waals surface area contributed by atoms with Crippen LogP contribution in [0.15, 0.2) is 24.3 Å². The lowest BCUT2D eigenvalue weighted by Crippen LogP contribution is -2.28. The van der Waals surface area contributed by atoms with Gasteiger partial charge in [0, 0.05) is 35.1 Å². The van der Waals surface area contributed by atoms with Gasteiger partial charge in [0.2, 0.25) is 0 Å². The second-order valence-electron chi connectivity index (χ2n) is 22.0. The molecule has 0 unspecified atom stereocenters. The Morgan fingerprint density at radius 1 is 0.417 bits per heavy atom. The average Bonchev–Trinajstić information content (AvgIpc) is 3.04. The number of rotatable bonds is 15. The highest BCUT2D eigenvalue weighted by molar-refractivity contribution is 5.71. The van der Waals surface area contributed by atoms with Crippen molar-refractivity contribution in [2.75, 3.05) is 13.2 Å². The van der Waals surface area contributed by atoms with E-state index >= 15 is 0 Å². The first-order valence-electron chi connectivity index (χ1n) is 21.7. The summed E-state index contributed by atoms with van der Waals surface area (Å²) >= 11 is 0. The van der Waals surface area contributed by atoms with Gasteiger partial charge >= 0.3 is 24.2 Å². The molecule has 0 amide bonds. The normalized spacial score (nSPS) is 12.8. The van der Waals surface area contributed by atoms with Crippen molar-refractivity contribution in [3.8, 4) is 11.5 Å². The van der Waals surface area contributed by atoms with Crippen molar-refractivity contribution < 1.29 is 47.6 Å². The number of carbonyl (C=O) groups excluding carboxylic acids is 4. The summed E-state index contributed by atoms with van der Waals surface area (Å²) in [5, 5.41) is 0. The third-order valence-electron chi connectivity index (χ3n) is 9.48. The molecule has 0 radical (unpaired) electrons. The van der Waals surface area contributed by atoms with Gasteiger partial charge in [-0.15, -0.1) is 0 Å². The van der Waals surface area contributed by atoms with Gasteiger partial charge in [-0.3, -0.25) is 9.59 Å². The molecule has 60 heavy (non-hydrogen) atoms. The van der Waals surface area contributed by atoms with Crippen molar-refractivity contribution >= 4 is 24.2 Å². The minimum Gasteiger partial charge on any atom is -0.466 e. The first kappa shape index (κ1) is 52.1. The van der Waals surface area contributed by atoms with Gasteiger partial charge in [-0.1, -0.05) is 107 Å². The molecule has 2 rings (SSSR count). The molecule has 0 fully saturated rings. The minimum absolute atomic E-state index is 0.231. The first-order chi connectivity index (χ1) is 27.2. The fourth-order valence-electron chi connectivity index (χ4n) is 6.39. The number of hydrogen-bond acceptors (Lipinski definition) is 10. The van der Waals surface area contributed by atoms with Crippen LogP contribution < -0.4 is 9.47 Å². The molecule has 0 N–H and O–H groups in total. The lowest BCUT2D eigenvalue weighted by molar-refractivity contribution is -0.145. The van der Waals surface area contributed by atoms with Crippen LogP contribution in [0.25, 0.3) is 0 Å². The van der Waals surface area contributed by atoms with Gasteiger partial charge in [-0.05, 0) is 113 Å². The fraction of sp³-hybridized carbons (Fsp3) is 0.680. The highest BCUT2D eigenvalue weighted by Gasteiger charge is 2.32. The van der Waals surface area contributed by atoms with E-state index in [-0.39, 0.29) is 46.4 Å². The highest BCUT2D eigenvalue weighted by atomic mass is 16.7. The Hall–Kier alpha value is -4.08. The Bertz CT molecular complexity index is 1580. The van der Waals surface area contributed by atoms with Crippen molar-refractivity contribution in [1.82, 2.24) is 0 Å². The molecule has 0 aliphatic rings. The molecule has 0 spiro atoms. The lowest BCUT2D eigenvalue weighted by atomic mass is 9.78. The topological polar surface area (TPSA) is 124 Å². The number of ether oxygens (including phenoxy) is 6. The Labute approximate surface area is 362 Å². The zero-order chi connectivity index (χ0) is 46.1. The molecule has 2 aromatic carbocycles. The molecular formula is C50H78O10. The van der Waals surface area contributed by atoms with Crippen LogP contribution in [-0.4, -0.2) is 48.7 Å². The zero-order valence-corrected chi connectivity index (χ0v) is 40.5. The molecule has 0 aliphatic heterocycles. The number of hydrogen-bond donors (Lipinski definition) is 0. The molecule has 2 aromatic rings. The molecule has 0 aliphatic carbocycles. The molecule has 0 bridgehead atoms. The summed E-state index contributed by atoms with van der Waals surface area (Å²) in [5.41, 5.74) is 2.71. The standard InChI is InChI=1S/C50H78O10/c1-45(2,3)35-29-33(30-36(46(4,5)6)41(35)57-43(53)59-49(13,14)15)23-25-39(51)55-27-21-19-20-22-28-56-40(52)26-24-34-31-37(47(7,8)9)42(38(32-34)48(10,11)12)58-44(54)60-50(16,17)18/h29-32H,19-28H2,1-18H3. The molecule has 10 nitrogen and oxygen atoms in total. The molecule has 10 heteroatoms. The van der Waals surface area contributed by atoms with Crippen LogP contribution in [0.1, 0.15) is 197 Å². The van der Waals surface area contributed by atoms with Crippen LogP contribution in [0, 0.1) is 0 Å². The van der Waals surface area contributed by atoms with E-state index in [1.807, 2.05) is 24.3 Å². The van der Waals surface area contributed by atoms with Gasteiger partial charge in [-0.2, -0.15) is 0 Å². The summed E-state index contributed by atoms with van der Waals surface area (Å²) in [6.45, 7) is 36.3. The largest absolute Gasteiger partial charge is 0.514 e. The van der Waals surface area contributed by atoms with Gasteiger partial charge in [0.25, 0.3) is 0 Å². The average molecular weight is 839 g/mol. The summed E-state index contributed by atoms with van der Waals surface area (Å²) < 4.78 is 33.8. The van der Waals surface area contributed by atoms with Crippen LogP contribution >= 0.6 is 0 Å². The van der Waals surface area contributed by atoms with Gasteiger partial charge in [0.05, 0.1) is 13.2 Å². The first-order valence-corrected chi connectivity index (χ1v) is 21.7. The molecular weight excluding hydrogens is 761 g/mol. The summed E-state index contributed by atoms with van der Waals surface area (Å²) in [7, 11) is 0. The maximum Gasteiger partial charge on any atom is 0.514 e. The van der Waals surface area contributed by atoms with Crippen molar-refractivity contribution in [2.45, 2.75) is 209 Å². The maximum atomic E-state index is 12.8. The fourth-order valence-corrected chi connectivity index (χ4v) is 6.39. The second kappa shape index (κ2) is 20.7.